The number of hydrogen-bond donors (Lipinski definition) is 1. The third-order valence-corrected chi connectivity index (χ3v) is 7.19. The molecule has 1 amide bonds. The average molecular weight is 516 g/mol. The van der Waals surface area contributed by atoms with Crippen LogP contribution in [0.2, 0.25) is 0 Å². The van der Waals surface area contributed by atoms with Gasteiger partial charge in [0, 0.05) is 11.0 Å². The highest BCUT2D eigenvalue weighted by atomic mass is 32.1. The Kier molecular flexibility index (Phi) is 9.93. The van der Waals surface area contributed by atoms with Crippen LogP contribution in [0.25, 0.3) is 6.08 Å². The minimum absolute atomic E-state index is 0.217. The summed E-state index contributed by atoms with van der Waals surface area (Å²) in [7, 11) is 4.16. The molecule has 9 heteroatoms. The van der Waals surface area contributed by atoms with Crippen molar-refractivity contribution in [3.8, 4) is 11.5 Å². The Bertz CT molecular complexity index is 1120. The zero-order valence-electron chi connectivity index (χ0n) is 21.2. The molecule has 0 saturated heterocycles. The van der Waals surface area contributed by atoms with E-state index in [0.717, 1.165) is 23.3 Å². The topological polar surface area (TPSA) is 100 Å². The van der Waals surface area contributed by atoms with Gasteiger partial charge in [0.15, 0.2) is 11.5 Å². The van der Waals surface area contributed by atoms with Gasteiger partial charge in [0.1, 0.15) is 5.00 Å². The van der Waals surface area contributed by atoms with Crippen molar-refractivity contribution in [3.05, 3.63) is 45.8 Å². The predicted molar refractivity (Wildman–Crippen MR) is 139 cm³/mol. The molecule has 0 aliphatic heterocycles. The SMILES string of the molecule is CCCCCCOc1ccc(/C=C/C(=O)Nc2sc3c(c2C(=O)OC)C(C(=O)OC)CC3)cc1OC. The van der Waals surface area contributed by atoms with Crippen LogP contribution in [0.3, 0.4) is 0 Å². The molecule has 1 unspecified atom stereocenters. The molecule has 1 aromatic heterocycles. The fourth-order valence-electron chi connectivity index (χ4n) is 4.18. The standard InChI is InChI=1S/C27H33NO7S/c1-5-6-7-8-15-35-19-12-9-17(16-20(19)32-2)10-14-22(29)28-25-24(27(31)34-4)23-18(26(30)33-3)11-13-21(23)36-25/h9-10,12,14,16,18H,5-8,11,13,15H2,1-4H3,(H,28,29)/b14-10+. The lowest BCUT2D eigenvalue weighted by Gasteiger charge is -2.11. The molecule has 2 aromatic rings. The maximum absolute atomic E-state index is 12.7. The molecule has 0 bridgehead atoms. The summed E-state index contributed by atoms with van der Waals surface area (Å²) in [5.74, 6) is -0.716. The highest BCUT2D eigenvalue weighted by Crippen LogP contribution is 2.45. The summed E-state index contributed by atoms with van der Waals surface area (Å²) >= 11 is 1.28. The molecule has 8 nitrogen and oxygen atoms in total. The highest BCUT2D eigenvalue weighted by Gasteiger charge is 2.38. The molecule has 0 fully saturated rings. The van der Waals surface area contributed by atoms with E-state index < -0.39 is 23.8 Å². The van der Waals surface area contributed by atoms with Crippen LogP contribution in [0.4, 0.5) is 5.00 Å². The second-order valence-electron chi connectivity index (χ2n) is 8.39. The first-order chi connectivity index (χ1) is 17.4. The second-order valence-corrected chi connectivity index (χ2v) is 9.50. The maximum Gasteiger partial charge on any atom is 0.341 e. The summed E-state index contributed by atoms with van der Waals surface area (Å²) in [5.41, 5.74) is 1.57. The van der Waals surface area contributed by atoms with Crippen molar-refractivity contribution in [3.63, 3.8) is 0 Å². The number of esters is 2. The lowest BCUT2D eigenvalue weighted by atomic mass is 9.99. The average Bonchev–Trinajstić information content (AvgIpc) is 3.45. The number of carbonyl (C=O) groups excluding carboxylic acids is 3. The molecule has 0 saturated carbocycles. The number of methoxy groups -OCH3 is 3. The molecule has 1 heterocycles. The fourth-order valence-corrected chi connectivity index (χ4v) is 5.45. The van der Waals surface area contributed by atoms with Gasteiger partial charge in [0.2, 0.25) is 5.91 Å². The summed E-state index contributed by atoms with van der Waals surface area (Å²) < 4.78 is 21.1. The Morgan fingerprint density at radius 2 is 1.89 bits per heavy atom. The number of rotatable bonds is 12. The van der Waals surface area contributed by atoms with Crippen LogP contribution >= 0.6 is 11.3 Å². The first kappa shape index (κ1) is 27.3. The van der Waals surface area contributed by atoms with Gasteiger partial charge in [-0.1, -0.05) is 32.3 Å². The molecule has 0 spiro atoms. The predicted octanol–water partition coefficient (Wildman–Crippen LogP) is 5.36. The minimum atomic E-state index is -0.599. The number of fused-ring (bicyclic) bond motifs is 1. The van der Waals surface area contributed by atoms with Gasteiger partial charge in [-0.2, -0.15) is 0 Å². The summed E-state index contributed by atoms with van der Waals surface area (Å²) in [6.45, 7) is 2.79. The van der Waals surface area contributed by atoms with Crippen molar-refractivity contribution in [2.75, 3.05) is 33.3 Å². The Labute approximate surface area is 215 Å². The van der Waals surface area contributed by atoms with E-state index in [1.54, 1.807) is 19.3 Å². The Morgan fingerprint density at radius 1 is 1.08 bits per heavy atom. The minimum Gasteiger partial charge on any atom is -0.493 e. The van der Waals surface area contributed by atoms with Gasteiger partial charge in [0.25, 0.3) is 0 Å². The third-order valence-electron chi connectivity index (χ3n) is 6.01. The smallest absolute Gasteiger partial charge is 0.341 e. The van der Waals surface area contributed by atoms with Gasteiger partial charge in [-0.15, -0.1) is 11.3 Å². The Balaban J connectivity index is 1.71. The van der Waals surface area contributed by atoms with Crippen molar-refractivity contribution in [1.29, 1.82) is 0 Å². The van der Waals surface area contributed by atoms with Crippen molar-refractivity contribution in [2.45, 2.75) is 51.4 Å². The van der Waals surface area contributed by atoms with Crippen LogP contribution < -0.4 is 14.8 Å². The lowest BCUT2D eigenvalue weighted by Crippen LogP contribution is -2.16. The second kappa shape index (κ2) is 13.1. The normalized spacial score (nSPS) is 14.4. The zero-order chi connectivity index (χ0) is 26.1. The van der Waals surface area contributed by atoms with Crippen molar-refractivity contribution in [2.24, 2.45) is 0 Å². The fraction of sp³-hybridized carbons (Fsp3) is 0.444. The molecular weight excluding hydrogens is 482 g/mol. The van der Waals surface area contributed by atoms with E-state index in [2.05, 4.69) is 12.2 Å². The van der Waals surface area contributed by atoms with Crippen LogP contribution in [0, 0.1) is 0 Å². The molecule has 1 atom stereocenters. The summed E-state index contributed by atoms with van der Waals surface area (Å²) in [5, 5.41) is 3.13. The van der Waals surface area contributed by atoms with Crippen molar-refractivity contribution >= 4 is 40.3 Å². The van der Waals surface area contributed by atoms with E-state index >= 15 is 0 Å². The number of anilines is 1. The number of aryl methyl sites for hydroxylation is 1. The van der Waals surface area contributed by atoms with E-state index in [1.807, 2.05) is 12.1 Å². The van der Waals surface area contributed by atoms with Crippen molar-refractivity contribution < 1.29 is 33.3 Å². The van der Waals surface area contributed by atoms with Gasteiger partial charge in [-0.25, -0.2) is 4.79 Å². The van der Waals surface area contributed by atoms with Gasteiger partial charge >= 0.3 is 11.9 Å². The number of thiophene rings is 1. The Hall–Kier alpha value is -3.33. The zero-order valence-corrected chi connectivity index (χ0v) is 22.0. The summed E-state index contributed by atoms with van der Waals surface area (Å²) in [6.07, 6.45) is 8.69. The molecule has 0 radical (unpaired) electrons. The van der Waals surface area contributed by atoms with Gasteiger partial charge in [-0.05, 0) is 48.6 Å². The summed E-state index contributed by atoms with van der Waals surface area (Å²) in [4.78, 5) is 38.3. The molecule has 3 rings (SSSR count). The van der Waals surface area contributed by atoms with Crippen LogP contribution in [0.1, 0.15) is 71.3 Å². The van der Waals surface area contributed by atoms with Crippen LogP contribution in [-0.2, 0) is 25.5 Å². The number of nitrogens with one attached hydrogen (secondary N) is 1. The summed E-state index contributed by atoms with van der Waals surface area (Å²) in [6, 6.07) is 5.46. The van der Waals surface area contributed by atoms with Gasteiger partial charge < -0.3 is 24.3 Å². The monoisotopic (exact) mass is 515 g/mol. The van der Waals surface area contributed by atoms with E-state index in [-0.39, 0.29) is 5.56 Å². The quantitative estimate of drug-likeness (QED) is 0.231. The molecule has 1 aliphatic carbocycles. The first-order valence-corrected chi connectivity index (χ1v) is 12.9. The molecule has 36 heavy (non-hydrogen) atoms. The lowest BCUT2D eigenvalue weighted by molar-refractivity contribution is -0.142. The molecule has 1 aliphatic rings. The van der Waals surface area contributed by atoms with Crippen LogP contribution in [0.5, 0.6) is 11.5 Å². The van der Waals surface area contributed by atoms with E-state index in [9.17, 15) is 14.4 Å². The Morgan fingerprint density at radius 3 is 2.58 bits per heavy atom. The van der Waals surface area contributed by atoms with Crippen LogP contribution in [0.15, 0.2) is 24.3 Å². The van der Waals surface area contributed by atoms with E-state index in [4.69, 9.17) is 18.9 Å². The largest absolute Gasteiger partial charge is 0.493 e. The molecule has 1 N–H and O–H groups in total. The number of unbranched alkanes of at least 4 members (excludes halogenated alkanes) is 3. The van der Waals surface area contributed by atoms with Gasteiger partial charge in [0.05, 0.1) is 39.4 Å². The number of amides is 1. The third kappa shape index (κ3) is 6.46. The van der Waals surface area contributed by atoms with Crippen molar-refractivity contribution in [1.82, 2.24) is 0 Å². The van der Waals surface area contributed by atoms with E-state index in [0.29, 0.717) is 41.5 Å². The van der Waals surface area contributed by atoms with Gasteiger partial charge in [-0.3, -0.25) is 9.59 Å². The molecule has 194 valence electrons. The number of benzene rings is 1. The molecular formula is C27H33NO7S. The number of carbonyl (C=O) groups is 3. The first-order valence-electron chi connectivity index (χ1n) is 12.0. The number of hydrogen-bond acceptors (Lipinski definition) is 8. The maximum atomic E-state index is 12.7. The van der Waals surface area contributed by atoms with E-state index in [1.165, 1.54) is 44.5 Å². The highest BCUT2D eigenvalue weighted by molar-refractivity contribution is 7.17. The number of ether oxygens (including phenoxy) is 4. The van der Waals surface area contributed by atoms with Crippen LogP contribution in [-0.4, -0.2) is 45.8 Å². The molecule has 1 aromatic carbocycles.